The molecule has 1 rings (SSSR count). The molecule has 0 aromatic rings. The van der Waals surface area contributed by atoms with Crippen LogP contribution in [0, 0.1) is 0 Å². The molecular formula is C9H18N2O. The summed E-state index contributed by atoms with van der Waals surface area (Å²) in [5.41, 5.74) is 0. The summed E-state index contributed by atoms with van der Waals surface area (Å²) in [5, 5.41) is 3.22. The lowest BCUT2D eigenvalue weighted by Crippen LogP contribution is -2.39. The topological polar surface area (TPSA) is 24.5 Å². The van der Waals surface area contributed by atoms with E-state index >= 15 is 0 Å². The summed E-state index contributed by atoms with van der Waals surface area (Å²) < 4.78 is 5.25. The molecule has 0 amide bonds. The molecule has 0 bridgehead atoms. The summed E-state index contributed by atoms with van der Waals surface area (Å²) in [6.07, 6.45) is 4.00. The smallest absolute Gasteiger partial charge is 0.0594 e. The van der Waals surface area contributed by atoms with Gasteiger partial charge in [-0.05, 0) is 13.1 Å². The van der Waals surface area contributed by atoms with Crippen LogP contribution in [0.3, 0.4) is 0 Å². The molecule has 0 aromatic heterocycles. The molecule has 0 aliphatic carbocycles. The molecular weight excluding hydrogens is 152 g/mol. The molecule has 12 heavy (non-hydrogen) atoms. The number of ether oxygens (including phenoxy) is 1. The minimum Gasteiger partial charge on any atom is -0.390 e. The predicted molar refractivity (Wildman–Crippen MR) is 50.1 cm³/mol. The summed E-state index contributed by atoms with van der Waals surface area (Å²) in [4.78, 5) is 2.42. The van der Waals surface area contributed by atoms with Crippen molar-refractivity contribution in [1.29, 1.82) is 0 Å². The standard InChI is InChI=1S/C9H18N2O/c1-2-3-10-4-5-11-6-8-12-9-7-11/h2-3,10H,4-9H2,1H3. The van der Waals surface area contributed by atoms with Crippen LogP contribution in [-0.2, 0) is 4.74 Å². The van der Waals surface area contributed by atoms with Crippen LogP contribution < -0.4 is 5.32 Å². The second kappa shape index (κ2) is 6.03. The minimum atomic E-state index is 0.892. The van der Waals surface area contributed by atoms with Gasteiger partial charge < -0.3 is 10.1 Å². The van der Waals surface area contributed by atoms with Crippen molar-refractivity contribution in [1.82, 2.24) is 10.2 Å². The van der Waals surface area contributed by atoms with Gasteiger partial charge in [-0.25, -0.2) is 0 Å². The van der Waals surface area contributed by atoms with Gasteiger partial charge in [0.05, 0.1) is 13.2 Å². The van der Waals surface area contributed by atoms with Crippen molar-refractivity contribution in [3.05, 3.63) is 12.3 Å². The number of hydrogen-bond donors (Lipinski definition) is 1. The molecule has 0 radical (unpaired) electrons. The van der Waals surface area contributed by atoms with Crippen molar-refractivity contribution in [3.8, 4) is 0 Å². The van der Waals surface area contributed by atoms with Gasteiger partial charge in [-0.1, -0.05) is 6.08 Å². The highest BCUT2D eigenvalue weighted by Crippen LogP contribution is 1.94. The molecule has 70 valence electrons. The highest BCUT2D eigenvalue weighted by Gasteiger charge is 2.08. The van der Waals surface area contributed by atoms with E-state index in [4.69, 9.17) is 4.74 Å². The van der Waals surface area contributed by atoms with Crippen LogP contribution in [0.25, 0.3) is 0 Å². The number of nitrogens with zero attached hydrogens (tertiary/aromatic N) is 1. The Labute approximate surface area is 74.4 Å². The second-order valence-corrected chi connectivity index (χ2v) is 2.91. The normalized spacial score (nSPS) is 20.1. The molecule has 1 saturated heterocycles. The van der Waals surface area contributed by atoms with Crippen LogP contribution in [0.15, 0.2) is 12.3 Å². The highest BCUT2D eigenvalue weighted by molar-refractivity contribution is 4.74. The summed E-state index contributed by atoms with van der Waals surface area (Å²) in [6.45, 7) is 8.11. The van der Waals surface area contributed by atoms with Crippen LogP contribution in [0.2, 0.25) is 0 Å². The van der Waals surface area contributed by atoms with Gasteiger partial charge in [0.1, 0.15) is 0 Å². The molecule has 0 atom stereocenters. The monoisotopic (exact) mass is 170 g/mol. The first-order chi connectivity index (χ1) is 5.93. The van der Waals surface area contributed by atoms with Crippen molar-refractivity contribution >= 4 is 0 Å². The first-order valence-electron chi connectivity index (χ1n) is 4.58. The molecule has 1 aliphatic heterocycles. The van der Waals surface area contributed by atoms with E-state index in [1.165, 1.54) is 0 Å². The summed E-state index contributed by atoms with van der Waals surface area (Å²) in [6, 6.07) is 0. The van der Waals surface area contributed by atoms with Crippen LogP contribution >= 0.6 is 0 Å². The zero-order chi connectivity index (χ0) is 8.65. The Balaban J connectivity index is 1.97. The quantitative estimate of drug-likeness (QED) is 0.620. The molecule has 3 heteroatoms. The van der Waals surface area contributed by atoms with E-state index in [-0.39, 0.29) is 0 Å². The number of rotatable bonds is 4. The Hall–Kier alpha value is -0.540. The lowest BCUT2D eigenvalue weighted by molar-refractivity contribution is 0.0388. The third-order valence-electron chi connectivity index (χ3n) is 1.96. The van der Waals surface area contributed by atoms with Gasteiger partial charge in [0.15, 0.2) is 0 Å². The van der Waals surface area contributed by atoms with E-state index in [1.54, 1.807) is 0 Å². The Morgan fingerprint density at radius 1 is 1.42 bits per heavy atom. The van der Waals surface area contributed by atoms with Crippen molar-refractivity contribution in [2.45, 2.75) is 6.92 Å². The van der Waals surface area contributed by atoms with Crippen LogP contribution in [0.1, 0.15) is 6.92 Å². The fourth-order valence-corrected chi connectivity index (χ4v) is 1.25. The van der Waals surface area contributed by atoms with Gasteiger partial charge in [0, 0.05) is 26.2 Å². The Kier molecular flexibility index (Phi) is 4.80. The van der Waals surface area contributed by atoms with Gasteiger partial charge in [-0.2, -0.15) is 0 Å². The first-order valence-corrected chi connectivity index (χ1v) is 4.58. The van der Waals surface area contributed by atoms with Crippen LogP contribution in [0.4, 0.5) is 0 Å². The van der Waals surface area contributed by atoms with Gasteiger partial charge in [-0.3, -0.25) is 4.90 Å². The van der Waals surface area contributed by atoms with E-state index in [2.05, 4.69) is 10.2 Å². The largest absolute Gasteiger partial charge is 0.390 e. The van der Waals surface area contributed by atoms with E-state index in [9.17, 15) is 0 Å². The number of allylic oxidation sites excluding steroid dienone is 1. The molecule has 1 heterocycles. The lowest BCUT2D eigenvalue weighted by Gasteiger charge is -2.26. The Morgan fingerprint density at radius 3 is 2.83 bits per heavy atom. The zero-order valence-electron chi connectivity index (χ0n) is 7.75. The number of hydrogen-bond acceptors (Lipinski definition) is 3. The molecule has 0 saturated carbocycles. The molecule has 1 aliphatic rings. The van der Waals surface area contributed by atoms with E-state index in [0.717, 1.165) is 39.4 Å². The molecule has 0 aromatic carbocycles. The van der Waals surface area contributed by atoms with Gasteiger partial charge >= 0.3 is 0 Å². The molecule has 1 fully saturated rings. The number of nitrogens with one attached hydrogen (secondary N) is 1. The highest BCUT2D eigenvalue weighted by atomic mass is 16.5. The van der Waals surface area contributed by atoms with Gasteiger partial charge in [0.25, 0.3) is 0 Å². The Morgan fingerprint density at radius 2 is 2.17 bits per heavy atom. The molecule has 0 spiro atoms. The third-order valence-corrected chi connectivity index (χ3v) is 1.96. The van der Waals surface area contributed by atoms with Crippen molar-refractivity contribution in [2.24, 2.45) is 0 Å². The maximum absolute atomic E-state index is 5.25. The van der Waals surface area contributed by atoms with E-state index < -0.39 is 0 Å². The second-order valence-electron chi connectivity index (χ2n) is 2.91. The minimum absolute atomic E-state index is 0.892. The van der Waals surface area contributed by atoms with Crippen LogP contribution in [-0.4, -0.2) is 44.3 Å². The predicted octanol–water partition coefficient (Wildman–Crippen LogP) is 0.442. The molecule has 3 nitrogen and oxygen atoms in total. The zero-order valence-corrected chi connectivity index (χ0v) is 7.75. The van der Waals surface area contributed by atoms with E-state index in [0.29, 0.717) is 0 Å². The van der Waals surface area contributed by atoms with Gasteiger partial charge in [0.2, 0.25) is 0 Å². The molecule has 0 unspecified atom stereocenters. The first kappa shape index (κ1) is 9.55. The lowest BCUT2D eigenvalue weighted by atomic mass is 10.4. The molecule has 1 N–H and O–H groups in total. The van der Waals surface area contributed by atoms with Crippen molar-refractivity contribution in [2.75, 3.05) is 39.4 Å². The third kappa shape index (κ3) is 3.74. The summed E-state index contributed by atoms with van der Waals surface area (Å²) in [5.74, 6) is 0. The fraction of sp³-hybridized carbons (Fsp3) is 0.778. The average molecular weight is 170 g/mol. The fourth-order valence-electron chi connectivity index (χ4n) is 1.25. The maximum Gasteiger partial charge on any atom is 0.0594 e. The average Bonchev–Trinajstić information content (AvgIpc) is 2.14. The van der Waals surface area contributed by atoms with Crippen molar-refractivity contribution in [3.63, 3.8) is 0 Å². The summed E-state index contributed by atoms with van der Waals surface area (Å²) in [7, 11) is 0. The van der Waals surface area contributed by atoms with Gasteiger partial charge in [-0.15, -0.1) is 0 Å². The Bertz CT molecular complexity index is 130. The summed E-state index contributed by atoms with van der Waals surface area (Å²) >= 11 is 0. The van der Waals surface area contributed by atoms with Crippen LogP contribution in [0.5, 0.6) is 0 Å². The SMILES string of the molecule is CC=CNCCN1CCOCC1. The van der Waals surface area contributed by atoms with E-state index in [1.807, 2.05) is 19.2 Å². The number of morpholine rings is 1. The maximum atomic E-state index is 5.25. The van der Waals surface area contributed by atoms with Crippen molar-refractivity contribution < 1.29 is 4.74 Å².